The molecule has 0 aliphatic carbocycles. The van der Waals surface area contributed by atoms with Crippen LogP contribution >= 0.6 is 0 Å². The zero-order valence-electron chi connectivity index (χ0n) is 24.3. The summed E-state index contributed by atoms with van der Waals surface area (Å²) in [5.74, 6) is 0. The molecule has 2 nitrogen and oxygen atoms in total. The van der Waals surface area contributed by atoms with E-state index in [1.54, 1.807) is 13.8 Å². The van der Waals surface area contributed by atoms with Gasteiger partial charge >= 0.3 is 16.5 Å². The average molecular weight is 545 g/mol. The Bertz CT molecular complexity index is 966. The Kier molecular flexibility index (Phi) is 19.0. The molecular formula is C34H50N2Ni. The predicted molar refractivity (Wildman–Crippen MR) is 159 cm³/mol. The first kappa shape index (κ1) is 35.0. The second-order valence-electron chi connectivity index (χ2n) is 9.17. The zero-order valence-corrected chi connectivity index (χ0v) is 25.3. The molecule has 0 spiro atoms. The first-order valence-corrected chi connectivity index (χ1v) is 14.1. The molecule has 1 aliphatic rings. The van der Waals surface area contributed by atoms with Gasteiger partial charge < -0.3 is 19.4 Å². The molecule has 0 saturated heterocycles. The summed E-state index contributed by atoms with van der Waals surface area (Å²) in [7, 11) is 0. The summed E-state index contributed by atoms with van der Waals surface area (Å²) in [6, 6.07) is 17.6. The third kappa shape index (κ3) is 10.0. The second kappa shape index (κ2) is 20.0. The number of hydrogen-bond acceptors (Lipinski definition) is 0. The number of hydrogen-bond donors (Lipinski definition) is 0. The second-order valence-corrected chi connectivity index (χ2v) is 9.17. The Morgan fingerprint density at radius 1 is 0.595 bits per heavy atom. The fraction of sp³-hybridized carbons (Fsp3) is 0.471. The standard InChI is InChI=1S/C30H40N2.2C2H5.Ni/c1-5-8-11-14-28-23(4)29(26-19-15-24(16-20-26)12-9-6-2)32(31)30(28)27-21-17-25(18-22-27)13-10-7-3;2*1-2;/h15-22H,5-14H2,1-4H3;2*1H2,2H3;/q;2*-1;+2. The van der Waals surface area contributed by atoms with Crippen LogP contribution in [0.25, 0.3) is 16.9 Å². The van der Waals surface area contributed by atoms with Gasteiger partial charge in [-0.3, -0.25) is 0 Å². The number of nitrogens with zero attached hydrogens (tertiary/aromatic N) is 2. The summed E-state index contributed by atoms with van der Waals surface area (Å²) in [5, 5.41) is 0. The van der Waals surface area contributed by atoms with E-state index in [1.165, 1.54) is 65.5 Å². The Balaban J connectivity index is 0.00000247. The molecule has 206 valence electrons. The van der Waals surface area contributed by atoms with E-state index in [1.807, 2.05) is 0 Å². The van der Waals surface area contributed by atoms with Gasteiger partial charge in [-0.1, -0.05) is 70.7 Å². The van der Waals surface area contributed by atoms with Crippen molar-refractivity contribution >= 4 is 11.4 Å². The first-order chi connectivity index (χ1) is 17.6. The Morgan fingerprint density at radius 2 is 1.00 bits per heavy atom. The SMILES string of the molecule is CCCCCC1=C(c2ccc(CCCC)cc2)[N+](=[N-])C(c2ccc(CCCC)cc2)=C1C.[CH2-]C.[CH2-]C.[Ni+2]. The van der Waals surface area contributed by atoms with Crippen LogP contribution < -0.4 is 0 Å². The third-order valence-electron chi connectivity index (χ3n) is 6.64. The number of benzene rings is 2. The zero-order chi connectivity index (χ0) is 26.9. The normalized spacial score (nSPS) is 12.5. The van der Waals surface area contributed by atoms with Crippen molar-refractivity contribution in [2.45, 2.75) is 106 Å². The molecule has 0 fully saturated rings. The van der Waals surface area contributed by atoms with Crippen molar-refractivity contribution in [2.24, 2.45) is 0 Å². The number of rotatable bonds is 12. The first-order valence-electron chi connectivity index (χ1n) is 14.1. The van der Waals surface area contributed by atoms with Crippen LogP contribution in [-0.2, 0) is 29.3 Å². The van der Waals surface area contributed by atoms with Crippen LogP contribution in [0.2, 0.25) is 0 Å². The van der Waals surface area contributed by atoms with Crippen LogP contribution in [0.5, 0.6) is 0 Å². The van der Waals surface area contributed by atoms with Crippen molar-refractivity contribution < 1.29 is 21.2 Å². The average Bonchev–Trinajstić information content (AvgIpc) is 3.18. The molecule has 0 unspecified atom stereocenters. The summed E-state index contributed by atoms with van der Waals surface area (Å²) < 4.78 is 1.46. The van der Waals surface area contributed by atoms with Gasteiger partial charge in [0.15, 0.2) is 0 Å². The Morgan fingerprint density at radius 3 is 1.41 bits per heavy atom. The topological polar surface area (TPSA) is 25.3 Å². The minimum atomic E-state index is 0. The Hall–Kier alpha value is -1.99. The minimum absolute atomic E-state index is 0. The predicted octanol–water partition coefficient (Wildman–Crippen LogP) is 10.8. The number of unbranched alkanes of at least 4 members (excludes halogenated alkanes) is 4. The van der Waals surface area contributed by atoms with Crippen molar-refractivity contribution in [3.05, 3.63) is 101 Å². The van der Waals surface area contributed by atoms with Crippen molar-refractivity contribution in [3.8, 4) is 0 Å². The summed E-state index contributed by atoms with van der Waals surface area (Å²) in [6.07, 6.45) is 11.7. The van der Waals surface area contributed by atoms with E-state index < -0.39 is 0 Å². The van der Waals surface area contributed by atoms with Gasteiger partial charge in [-0.2, -0.15) is 13.8 Å². The maximum absolute atomic E-state index is 11.4. The van der Waals surface area contributed by atoms with E-state index in [-0.39, 0.29) is 16.5 Å². The van der Waals surface area contributed by atoms with Gasteiger partial charge in [-0.15, -0.1) is 0 Å². The van der Waals surface area contributed by atoms with Gasteiger partial charge in [0.05, 0.1) is 0 Å². The Labute approximate surface area is 239 Å². The molecule has 3 rings (SSSR count). The van der Waals surface area contributed by atoms with E-state index in [0.29, 0.717) is 0 Å². The van der Waals surface area contributed by atoms with Crippen LogP contribution in [0, 0.1) is 13.8 Å². The van der Waals surface area contributed by atoms with Gasteiger partial charge in [0.25, 0.3) is 0 Å². The third-order valence-corrected chi connectivity index (χ3v) is 6.64. The van der Waals surface area contributed by atoms with Gasteiger partial charge in [0.2, 0.25) is 11.4 Å². The van der Waals surface area contributed by atoms with Crippen LogP contribution in [0.4, 0.5) is 0 Å². The van der Waals surface area contributed by atoms with Crippen molar-refractivity contribution in [3.63, 3.8) is 0 Å². The van der Waals surface area contributed by atoms with Crippen molar-refractivity contribution in [1.82, 2.24) is 0 Å². The van der Waals surface area contributed by atoms with Crippen LogP contribution in [0.15, 0.2) is 59.7 Å². The van der Waals surface area contributed by atoms with Gasteiger partial charge in [0, 0.05) is 22.3 Å². The summed E-state index contributed by atoms with van der Waals surface area (Å²) >= 11 is 0. The van der Waals surface area contributed by atoms with Crippen LogP contribution in [-0.4, -0.2) is 4.70 Å². The monoisotopic (exact) mass is 544 g/mol. The van der Waals surface area contributed by atoms with Crippen LogP contribution in [0.3, 0.4) is 0 Å². The smallest absolute Gasteiger partial charge is 0.493 e. The summed E-state index contributed by atoms with van der Waals surface area (Å²) in [4.78, 5) is 0. The molecule has 37 heavy (non-hydrogen) atoms. The molecule has 0 bridgehead atoms. The molecular weight excluding hydrogens is 495 g/mol. The molecule has 1 heterocycles. The molecule has 2 aromatic carbocycles. The van der Waals surface area contributed by atoms with E-state index >= 15 is 0 Å². The van der Waals surface area contributed by atoms with Gasteiger partial charge in [-0.05, 0) is 80.8 Å². The largest absolute Gasteiger partial charge is 2.00 e. The number of aryl methyl sites for hydroxylation is 2. The quantitative estimate of drug-likeness (QED) is 0.110. The van der Waals surface area contributed by atoms with E-state index in [2.05, 4.69) is 90.1 Å². The molecule has 0 aromatic heterocycles. The maximum Gasteiger partial charge on any atom is 2.00 e. The number of allylic oxidation sites excluding steroid dienone is 2. The van der Waals surface area contributed by atoms with Crippen molar-refractivity contribution in [1.29, 1.82) is 0 Å². The fourth-order valence-electron chi connectivity index (χ4n) is 4.63. The van der Waals surface area contributed by atoms with E-state index in [4.69, 9.17) is 0 Å². The summed E-state index contributed by atoms with van der Waals surface area (Å²) in [5.41, 5.74) is 20.7. The van der Waals surface area contributed by atoms with Gasteiger partial charge in [-0.25, -0.2) is 4.70 Å². The van der Waals surface area contributed by atoms with Gasteiger partial charge in [0.1, 0.15) is 0 Å². The minimum Gasteiger partial charge on any atom is -0.493 e. The molecule has 2 aromatic rings. The van der Waals surface area contributed by atoms with E-state index in [0.717, 1.165) is 48.2 Å². The molecule has 0 amide bonds. The molecule has 3 heteroatoms. The summed E-state index contributed by atoms with van der Waals surface area (Å²) in [6.45, 7) is 18.9. The van der Waals surface area contributed by atoms with Crippen LogP contribution in [0.1, 0.15) is 115 Å². The fourth-order valence-corrected chi connectivity index (χ4v) is 4.63. The maximum atomic E-state index is 11.4. The molecule has 0 N–H and O–H groups in total. The molecule has 0 saturated carbocycles. The van der Waals surface area contributed by atoms with E-state index in [9.17, 15) is 5.53 Å². The molecule has 0 radical (unpaired) electrons. The molecule has 0 atom stereocenters. The molecule has 1 aliphatic heterocycles. The van der Waals surface area contributed by atoms with Crippen molar-refractivity contribution in [2.75, 3.05) is 0 Å².